The SMILES string of the molecule is O=CNCCC1CCCN1. The molecule has 0 spiro atoms. The molecule has 58 valence electrons. The lowest BCUT2D eigenvalue weighted by Gasteiger charge is -2.07. The van der Waals surface area contributed by atoms with Crippen molar-refractivity contribution in [2.75, 3.05) is 13.1 Å². The summed E-state index contributed by atoms with van der Waals surface area (Å²) in [6.45, 7) is 1.95. The minimum Gasteiger partial charge on any atom is -0.359 e. The first-order chi connectivity index (χ1) is 4.93. The molecule has 0 aromatic heterocycles. The van der Waals surface area contributed by atoms with Crippen molar-refractivity contribution in [3.63, 3.8) is 0 Å². The molecule has 0 aliphatic carbocycles. The van der Waals surface area contributed by atoms with Gasteiger partial charge in [-0.15, -0.1) is 0 Å². The second kappa shape index (κ2) is 4.28. The molecule has 0 aromatic carbocycles. The second-order valence-electron chi connectivity index (χ2n) is 2.65. The lowest BCUT2D eigenvalue weighted by Crippen LogP contribution is -2.26. The van der Waals surface area contributed by atoms with Crippen LogP contribution in [-0.2, 0) is 4.79 Å². The first-order valence-electron chi connectivity index (χ1n) is 3.84. The van der Waals surface area contributed by atoms with Crippen molar-refractivity contribution in [3.05, 3.63) is 0 Å². The van der Waals surface area contributed by atoms with Crippen LogP contribution < -0.4 is 10.6 Å². The van der Waals surface area contributed by atoms with Gasteiger partial charge in [0.1, 0.15) is 0 Å². The van der Waals surface area contributed by atoms with Gasteiger partial charge >= 0.3 is 0 Å². The van der Waals surface area contributed by atoms with Gasteiger partial charge in [0, 0.05) is 12.6 Å². The normalized spacial score (nSPS) is 24.6. The van der Waals surface area contributed by atoms with Gasteiger partial charge in [0.25, 0.3) is 0 Å². The van der Waals surface area contributed by atoms with E-state index in [1.807, 2.05) is 0 Å². The van der Waals surface area contributed by atoms with Crippen LogP contribution in [0.5, 0.6) is 0 Å². The van der Waals surface area contributed by atoms with Crippen LogP contribution in [0.15, 0.2) is 0 Å². The van der Waals surface area contributed by atoms with Gasteiger partial charge in [0.05, 0.1) is 0 Å². The molecular formula is C7H14N2O. The largest absolute Gasteiger partial charge is 0.359 e. The molecular weight excluding hydrogens is 128 g/mol. The zero-order chi connectivity index (χ0) is 7.23. The number of carbonyl (C=O) groups is 1. The first-order valence-corrected chi connectivity index (χ1v) is 3.84. The van der Waals surface area contributed by atoms with Crippen molar-refractivity contribution in [2.24, 2.45) is 0 Å². The monoisotopic (exact) mass is 142 g/mol. The van der Waals surface area contributed by atoms with E-state index in [4.69, 9.17) is 0 Å². The minimum atomic E-state index is 0.646. The summed E-state index contributed by atoms with van der Waals surface area (Å²) in [5.41, 5.74) is 0. The van der Waals surface area contributed by atoms with Crippen molar-refractivity contribution < 1.29 is 4.79 Å². The number of hydrogen-bond acceptors (Lipinski definition) is 2. The average molecular weight is 142 g/mol. The summed E-state index contributed by atoms with van der Waals surface area (Å²) in [5.74, 6) is 0. The van der Waals surface area contributed by atoms with Gasteiger partial charge in [-0.05, 0) is 25.8 Å². The molecule has 10 heavy (non-hydrogen) atoms. The van der Waals surface area contributed by atoms with E-state index in [0.29, 0.717) is 6.04 Å². The van der Waals surface area contributed by atoms with Crippen molar-refractivity contribution in [1.82, 2.24) is 10.6 Å². The maximum Gasteiger partial charge on any atom is 0.207 e. The summed E-state index contributed by atoms with van der Waals surface area (Å²) >= 11 is 0. The standard InChI is InChI=1S/C7H14N2O/c10-6-8-5-3-7-2-1-4-9-7/h6-7,9H,1-5H2,(H,8,10). The number of amides is 1. The van der Waals surface area contributed by atoms with E-state index < -0.39 is 0 Å². The summed E-state index contributed by atoms with van der Waals surface area (Å²) < 4.78 is 0. The van der Waals surface area contributed by atoms with E-state index in [0.717, 1.165) is 25.9 Å². The summed E-state index contributed by atoms with van der Waals surface area (Å²) in [6, 6.07) is 0.646. The molecule has 0 saturated carbocycles. The Morgan fingerprint density at radius 1 is 1.70 bits per heavy atom. The van der Waals surface area contributed by atoms with E-state index in [2.05, 4.69) is 10.6 Å². The highest BCUT2D eigenvalue weighted by Gasteiger charge is 2.12. The Morgan fingerprint density at radius 2 is 2.60 bits per heavy atom. The maximum atomic E-state index is 9.85. The Balaban J connectivity index is 1.96. The predicted molar refractivity (Wildman–Crippen MR) is 39.7 cm³/mol. The fourth-order valence-corrected chi connectivity index (χ4v) is 1.32. The molecule has 3 heteroatoms. The van der Waals surface area contributed by atoms with Crippen LogP contribution in [0.1, 0.15) is 19.3 Å². The minimum absolute atomic E-state index is 0.646. The molecule has 0 radical (unpaired) electrons. The van der Waals surface area contributed by atoms with Gasteiger partial charge in [-0.2, -0.15) is 0 Å². The lowest BCUT2D eigenvalue weighted by atomic mass is 10.2. The van der Waals surface area contributed by atoms with Gasteiger partial charge in [-0.1, -0.05) is 0 Å². The van der Waals surface area contributed by atoms with Crippen LogP contribution in [0.3, 0.4) is 0 Å². The van der Waals surface area contributed by atoms with Crippen LogP contribution >= 0.6 is 0 Å². The third kappa shape index (κ3) is 2.35. The van der Waals surface area contributed by atoms with E-state index >= 15 is 0 Å². The zero-order valence-electron chi connectivity index (χ0n) is 6.10. The van der Waals surface area contributed by atoms with Crippen molar-refractivity contribution in [2.45, 2.75) is 25.3 Å². The van der Waals surface area contributed by atoms with Crippen LogP contribution in [0.4, 0.5) is 0 Å². The van der Waals surface area contributed by atoms with Gasteiger partial charge in [0.15, 0.2) is 0 Å². The van der Waals surface area contributed by atoms with Crippen LogP contribution in [-0.4, -0.2) is 25.5 Å². The maximum absolute atomic E-state index is 9.85. The molecule has 1 fully saturated rings. The third-order valence-corrected chi connectivity index (χ3v) is 1.88. The molecule has 1 atom stereocenters. The zero-order valence-corrected chi connectivity index (χ0v) is 6.10. The lowest BCUT2D eigenvalue weighted by molar-refractivity contribution is -0.109. The predicted octanol–water partition coefficient (Wildman–Crippen LogP) is -0.126. The summed E-state index contributed by atoms with van der Waals surface area (Å²) in [5, 5.41) is 6.01. The summed E-state index contributed by atoms with van der Waals surface area (Å²) in [6.07, 6.45) is 4.37. The molecule has 1 saturated heterocycles. The Kier molecular flexibility index (Phi) is 3.22. The molecule has 1 heterocycles. The van der Waals surface area contributed by atoms with Crippen molar-refractivity contribution in [3.8, 4) is 0 Å². The second-order valence-corrected chi connectivity index (χ2v) is 2.65. The van der Waals surface area contributed by atoms with Gasteiger partial charge in [-0.25, -0.2) is 0 Å². The first kappa shape index (κ1) is 7.54. The number of nitrogens with one attached hydrogen (secondary N) is 2. The topological polar surface area (TPSA) is 41.1 Å². The van der Waals surface area contributed by atoms with E-state index in [1.54, 1.807) is 0 Å². The number of carbonyl (C=O) groups excluding carboxylic acids is 1. The van der Waals surface area contributed by atoms with Crippen molar-refractivity contribution >= 4 is 6.41 Å². The number of rotatable bonds is 4. The fourth-order valence-electron chi connectivity index (χ4n) is 1.32. The van der Waals surface area contributed by atoms with E-state index in [9.17, 15) is 4.79 Å². The van der Waals surface area contributed by atoms with Crippen LogP contribution in [0.2, 0.25) is 0 Å². The van der Waals surface area contributed by atoms with Gasteiger partial charge in [-0.3, -0.25) is 4.79 Å². The molecule has 0 bridgehead atoms. The Labute approximate surface area is 61.2 Å². The average Bonchev–Trinajstić information content (AvgIpc) is 2.41. The molecule has 1 aliphatic heterocycles. The molecule has 1 amide bonds. The van der Waals surface area contributed by atoms with Gasteiger partial charge in [0.2, 0.25) is 6.41 Å². The molecule has 2 N–H and O–H groups in total. The molecule has 3 nitrogen and oxygen atoms in total. The molecule has 1 rings (SSSR count). The Morgan fingerprint density at radius 3 is 3.20 bits per heavy atom. The Hall–Kier alpha value is -0.570. The molecule has 1 unspecified atom stereocenters. The quantitative estimate of drug-likeness (QED) is 0.424. The summed E-state index contributed by atoms with van der Waals surface area (Å²) in [4.78, 5) is 9.85. The number of hydrogen-bond donors (Lipinski definition) is 2. The highest BCUT2D eigenvalue weighted by atomic mass is 16.1. The summed E-state index contributed by atoms with van der Waals surface area (Å²) in [7, 11) is 0. The fraction of sp³-hybridized carbons (Fsp3) is 0.857. The Bertz CT molecular complexity index is 99.8. The highest BCUT2D eigenvalue weighted by Crippen LogP contribution is 2.06. The van der Waals surface area contributed by atoms with Gasteiger partial charge < -0.3 is 10.6 Å². The van der Waals surface area contributed by atoms with Crippen molar-refractivity contribution in [1.29, 1.82) is 0 Å². The van der Waals surface area contributed by atoms with Crippen LogP contribution in [0.25, 0.3) is 0 Å². The third-order valence-electron chi connectivity index (χ3n) is 1.88. The van der Waals surface area contributed by atoms with E-state index in [-0.39, 0.29) is 0 Å². The smallest absolute Gasteiger partial charge is 0.207 e. The van der Waals surface area contributed by atoms with E-state index in [1.165, 1.54) is 12.8 Å². The highest BCUT2D eigenvalue weighted by molar-refractivity contribution is 5.45. The van der Waals surface area contributed by atoms with Crippen LogP contribution in [0, 0.1) is 0 Å². The molecule has 0 aromatic rings. The molecule has 1 aliphatic rings.